The van der Waals surface area contributed by atoms with Crippen LogP contribution < -0.4 is 10.9 Å². The summed E-state index contributed by atoms with van der Waals surface area (Å²) < 4.78 is 10.3. The fourth-order valence-corrected chi connectivity index (χ4v) is 2.89. The lowest BCUT2D eigenvalue weighted by atomic mass is 9.96. The summed E-state index contributed by atoms with van der Waals surface area (Å²) in [6.45, 7) is 3.12. The second-order valence-corrected chi connectivity index (χ2v) is 5.83. The van der Waals surface area contributed by atoms with Crippen LogP contribution in [0.5, 0.6) is 0 Å². The molecule has 5 atom stereocenters. The third-order valence-electron chi connectivity index (χ3n) is 4.23. The molecular formula is C17H19NO7. The molecule has 3 rings (SSSR count). The van der Waals surface area contributed by atoms with Crippen LogP contribution in [0.15, 0.2) is 40.1 Å². The minimum absolute atomic E-state index is 0.307. The van der Waals surface area contributed by atoms with Crippen LogP contribution in [0.2, 0.25) is 0 Å². The fraction of sp³-hybridized carbons (Fsp3) is 0.353. The van der Waals surface area contributed by atoms with Gasteiger partial charge in [-0.2, -0.15) is 0 Å². The lowest BCUT2D eigenvalue weighted by Crippen LogP contribution is -2.61. The van der Waals surface area contributed by atoms with Crippen LogP contribution in [0.4, 0.5) is 5.69 Å². The molecule has 1 fully saturated rings. The van der Waals surface area contributed by atoms with Crippen molar-refractivity contribution in [2.75, 3.05) is 11.9 Å². The number of nitrogens with one attached hydrogen (secondary N) is 1. The molecule has 1 aliphatic heterocycles. The molecule has 5 N–H and O–H groups in total. The maximum atomic E-state index is 11.6. The minimum Gasteiger partial charge on any atom is -0.423 e. The highest BCUT2D eigenvalue weighted by molar-refractivity contribution is 5.88. The number of rotatable bonds is 4. The molecule has 1 aromatic heterocycles. The summed E-state index contributed by atoms with van der Waals surface area (Å²) in [6.07, 6.45) is -3.72. The number of ether oxygens (including phenoxy) is 1. The summed E-state index contributed by atoms with van der Waals surface area (Å²) in [5.41, 5.74) is 0.849. The number of fused-ring (bicyclic) bond motifs is 1. The zero-order valence-corrected chi connectivity index (χ0v) is 13.2. The summed E-state index contributed by atoms with van der Waals surface area (Å²) in [7, 11) is 0. The highest BCUT2D eigenvalue weighted by atomic mass is 16.6. The Labute approximate surface area is 142 Å². The van der Waals surface area contributed by atoms with Gasteiger partial charge in [0.05, 0.1) is 6.61 Å². The normalized spacial score (nSPS) is 29.5. The van der Waals surface area contributed by atoms with Gasteiger partial charge in [-0.3, -0.25) is 0 Å². The SMILES string of the molecule is C=Cc1cc(=O)oc2cc(NC3C(O)OC(CO)[C@@H](O)[C@@H]3O)ccc12. The lowest BCUT2D eigenvalue weighted by molar-refractivity contribution is -0.245. The molecule has 1 saturated heterocycles. The molecule has 25 heavy (non-hydrogen) atoms. The van der Waals surface area contributed by atoms with Crippen molar-refractivity contribution in [1.29, 1.82) is 0 Å². The van der Waals surface area contributed by atoms with Crippen LogP contribution >= 0.6 is 0 Å². The predicted molar refractivity (Wildman–Crippen MR) is 90.0 cm³/mol. The van der Waals surface area contributed by atoms with E-state index >= 15 is 0 Å². The molecule has 0 saturated carbocycles. The molecule has 0 radical (unpaired) electrons. The van der Waals surface area contributed by atoms with E-state index in [-0.39, 0.29) is 0 Å². The average Bonchev–Trinajstić information content (AvgIpc) is 2.60. The molecule has 0 amide bonds. The van der Waals surface area contributed by atoms with Gasteiger partial charge in [0.15, 0.2) is 6.29 Å². The maximum absolute atomic E-state index is 11.6. The standard InChI is InChI=1S/C17H19NO7/c1-2-8-5-13(20)24-11-6-9(3-4-10(8)11)18-14-16(22)15(21)12(7-19)25-17(14)23/h2-6,12,14-19,21-23H,1,7H2/t12?,14?,15-,16-,17?/m1/s1. The molecule has 3 unspecified atom stereocenters. The number of anilines is 1. The van der Waals surface area contributed by atoms with E-state index in [1.54, 1.807) is 18.2 Å². The van der Waals surface area contributed by atoms with Crippen LogP contribution in [0.25, 0.3) is 17.0 Å². The minimum atomic E-state index is -1.45. The molecule has 8 nitrogen and oxygen atoms in total. The number of hydrogen-bond donors (Lipinski definition) is 5. The van der Waals surface area contributed by atoms with Gasteiger partial charge in [0, 0.05) is 23.2 Å². The van der Waals surface area contributed by atoms with Crippen LogP contribution in [0, 0.1) is 0 Å². The van der Waals surface area contributed by atoms with Gasteiger partial charge in [-0.15, -0.1) is 0 Å². The van der Waals surface area contributed by atoms with E-state index in [2.05, 4.69) is 11.9 Å². The van der Waals surface area contributed by atoms with E-state index in [1.165, 1.54) is 12.1 Å². The van der Waals surface area contributed by atoms with E-state index < -0.39 is 42.9 Å². The van der Waals surface area contributed by atoms with Gasteiger partial charge in [0.1, 0.15) is 29.9 Å². The highest BCUT2D eigenvalue weighted by Crippen LogP contribution is 2.26. The molecule has 0 aliphatic carbocycles. The van der Waals surface area contributed by atoms with Crippen molar-refractivity contribution in [3.05, 3.63) is 46.8 Å². The smallest absolute Gasteiger partial charge is 0.336 e. The Morgan fingerprint density at radius 2 is 1.96 bits per heavy atom. The highest BCUT2D eigenvalue weighted by Gasteiger charge is 2.43. The molecule has 1 aliphatic rings. The van der Waals surface area contributed by atoms with Crippen molar-refractivity contribution in [2.24, 2.45) is 0 Å². The summed E-state index contributed by atoms with van der Waals surface area (Å²) in [6, 6.07) is 5.19. The van der Waals surface area contributed by atoms with E-state index in [0.29, 0.717) is 22.2 Å². The largest absolute Gasteiger partial charge is 0.423 e. The molecular weight excluding hydrogens is 330 g/mol. The third-order valence-corrected chi connectivity index (χ3v) is 4.23. The van der Waals surface area contributed by atoms with E-state index in [9.17, 15) is 20.1 Å². The third kappa shape index (κ3) is 3.30. The predicted octanol–water partition coefficient (Wildman–Crippen LogP) is -0.352. The van der Waals surface area contributed by atoms with Crippen molar-refractivity contribution in [3.8, 4) is 0 Å². The average molecular weight is 349 g/mol. The van der Waals surface area contributed by atoms with Crippen LogP contribution in [-0.2, 0) is 4.74 Å². The van der Waals surface area contributed by atoms with Crippen molar-refractivity contribution < 1.29 is 29.6 Å². The first-order valence-corrected chi connectivity index (χ1v) is 7.72. The lowest BCUT2D eigenvalue weighted by Gasteiger charge is -2.40. The monoisotopic (exact) mass is 349 g/mol. The molecule has 134 valence electrons. The van der Waals surface area contributed by atoms with Crippen molar-refractivity contribution in [2.45, 2.75) is 30.6 Å². The zero-order valence-electron chi connectivity index (χ0n) is 13.2. The Balaban J connectivity index is 1.90. The second kappa shape index (κ2) is 6.95. The van der Waals surface area contributed by atoms with E-state index in [4.69, 9.17) is 14.3 Å². The van der Waals surface area contributed by atoms with Crippen LogP contribution in [0.1, 0.15) is 5.56 Å². The topological polar surface area (TPSA) is 132 Å². The number of aliphatic hydroxyl groups excluding tert-OH is 4. The zero-order chi connectivity index (χ0) is 18.1. The summed E-state index contributed by atoms with van der Waals surface area (Å²) in [5.74, 6) is 0. The summed E-state index contributed by atoms with van der Waals surface area (Å²) >= 11 is 0. The van der Waals surface area contributed by atoms with Gasteiger partial charge in [-0.25, -0.2) is 4.79 Å². The first-order chi connectivity index (χ1) is 11.9. The number of hydrogen-bond acceptors (Lipinski definition) is 8. The Hall–Kier alpha value is -2.23. The molecule has 2 heterocycles. The van der Waals surface area contributed by atoms with Gasteiger partial charge < -0.3 is 34.9 Å². The molecule has 0 spiro atoms. The summed E-state index contributed by atoms with van der Waals surface area (Å²) in [5, 5.41) is 42.7. The Kier molecular flexibility index (Phi) is 4.89. The molecule has 1 aromatic carbocycles. The van der Waals surface area contributed by atoms with Gasteiger partial charge in [-0.1, -0.05) is 12.7 Å². The Morgan fingerprint density at radius 3 is 2.64 bits per heavy atom. The van der Waals surface area contributed by atoms with Gasteiger partial charge in [-0.05, 0) is 17.7 Å². The van der Waals surface area contributed by atoms with Crippen molar-refractivity contribution in [3.63, 3.8) is 0 Å². The quantitative estimate of drug-likeness (QED) is 0.473. The number of benzene rings is 1. The van der Waals surface area contributed by atoms with Crippen LogP contribution in [0.3, 0.4) is 0 Å². The fourth-order valence-electron chi connectivity index (χ4n) is 2.89. The van der Waals surface area contributed by atoms with Crippen molar-refractivity contribution in [1.82, 2.24) is 0 Å². The van der Waals surface area contributed by atoms with E-state index in [0.717, 1.165) is 0 Å². The molecule has 2 aromatic rings. The van der Waals surface area contributed by atoms with Crippen LogP contribution in [-0.4, -0.2) is 57.7 Å². The molecule has 0 bridgehead atoms. The molecule has 8 heteroatoms. The second-order valence-electron chi connectivity index (χ2n) is 5.83. The van der Waals surface area contributed by atoms with Gasteiger partial charge in [0.25, 0.3) is 0 Å². The Bertz CT molecular complexity index is 833. The van der Waals surface area contributed by atoms with Gasteiger partial charge in [0.2, 0.25) is 0 Å². The van der Waals surface area contributed by atoms with Gasteiger partial charge >= 0.3 is 5.63 Å². The summed E-state index contributed by atoms with van der Waals surface area (Å²) in [4.78, 5) is 11.6. The first-order valence-electron chi connectivity index (χ1n) is 7.72. The van der Waals surface area contributed by atoms with E-state index in [1.807, 2.05) is 0 Å². The number of aliphatic hydroxyl groups is 4. The first kappa shape index (κ1) is 17.6. The van der Waals surface area contributed by atoms with Crippen molar-refractivity contribution >= 4 is 22.7 Å². The Morgan fingerprint density at radius 1 is 1.20 bits per heavy atom. The maximum Gasteiger partial charge on any atom is 0.336 e.